The fourth-order valence-electron chi connectivity index (χ4n) is 3.63. The van der Waals surface area contributed by atoms with E-state index in [0.29, 0.717) is 22.2 Å². The lowest BCUT2D eigenvalue weighted by Gasteiger charge is -2.29. The Hall–Kier alpha value is -2.71. The Balaban J connectivity index is 1.28. The molecular weight excluding hydrogens is 428 g/mol. The third-order valence-electron chi connectivity index (χ3n) is 5.35. The molecule has 8 heteroatoms. The van der Waals surface area contributed by atoms with Crippen LogP contribution in [0.3, 0.4) is 0 Å². The second-order valence-electron chi connectivity index (χ2n) is 7.72. The van der Waals surface area contributed by atoms with Crippen LogP contribution in [0, 0.1) is 0 Å². The van der Waals surface area contributed by atoms with Crippen molar-refractivity contribution in [2.75, 3.05) is 30.4 Å². The summed E-state index contributed by atoms with van der Waals surface area (Å²) in [6.07, 6.45) is 4.06. The predicted molar refractivity (Wildman–Crippen MR) is 127 cm³/mol. The van der Waals surface area contributed by atoms with Gasteiger partial charge in [0, 0.05) is 37.7 Å². The van der Waals surface area contributed by atoms with E-state index in [2.05, 4.69) is 39.5 Å². The third kappa shape index (κ3) is 5.71. The van der Waals surface area contributed by atoms with Crippen molar-refractivity contribution in [3.05, 3.63) is 63.3 Å². The van der Waals surface area contributed by atoms with Crippen LogP contribution in [-0.4, -0.2) is 41.8 Å². The van der Waals surface area contributed by atoms with E-state index in [-0.39, 0.29) is 18.2 Å². The highest BCUT2D eigenvalue weighted by atomic mass is 32.1. The van der Waals surface area contributed by atoms with Gasteiger partial charge in [0.25, 0.3) is 5.91 Å². The second-order valence-corrected chi connectivity index (χ2v) is 9.52. The van der Waals surface area contributed by atoms with Gasteiger partial charge in [-0.05, 0) is 48.4 Å². The summed E-state index contributed by atoms with van der Waals surface area (Å²) in [6, 6.07) is 12.1. The highest BCUT2D eigenvalue weighted by Crippen LogP contribution is 2.21. The van der Waals surface area contributed by atoms with Gasteiger partial charge in [0.15, 0.2) is 5.13 Å². The van der Waals surface area contributed by atoms with Crippen molar-refractivity contribution in [1.29, 1.82) is 0 Å². The van der Waals surface area contributed by atoms with E-state index in [9.17, 15) is 9.59 Å². The lowest BCUT2D eigenvalue weighted by Crippen LogP contribution is -2.29. The molecule has 3 aromatic rings. The number of carbonyl (C=O) groups excluding carboxylic acids is 2. The number of thiophene rings is 1. The molecule has 162 valence electrons. The molecule has 1 aromatic carbocycles. The number of anilines is 2. The summed E-state index contributed by atoms with van der Waals surface area (Å²) in [5.74, 6) is -0.172. The van der Waals surface area contributed by atoms with Gasteiger partial charge >= 0.3 is 0 Å². The van der Waals surface area contributed by atoms with Crippen LogP contribution in [0.15, 0.2) is 47.2 Å². The molecule has 3 heterocycles. The molecule has 2 amide bonds. The predicted octanol–water partition coefficient (Wildman–Crippen LogP) is 4.65. The number of aromatic nitrogens is 1. The van der Waals surface area contributed by atoms with Gasteiger partial charge in [0.2, 0.25) is 5.91 Å². The molecule has 0 bridgehead atoms. The van der Waals surface area contributed by atoms with Gasteiger partial charge in [-0.15, -0.1) is 22.7 Å². The Kier molecular flexibility index (Phi) is 6.99. The van der Waals surface area contributed by atoms with E-state index in [1.54, 1.807) is 11.0 Å². The normalized spacial score (nSPS) is 13.8. The summed E-state index contributed by atoms with van der Waals surface area (Å²) in [4.78, 5) is 34.0. The van der Waals surface area contributed by atoms with E-state index in [0.717, 1.165) is 18.7 Å². The highest BCUT2D eigenvalue weighted by molar-refractivity contribution is 7.14. The smallest absolute Gasteiger partial charge is 0.267 e. The minimum atomic E-state index is -0.174. The molecule has 0 atom stereocenters. The first-order chi connectivity index (χ1) is 15.1. The number of nitrogens with zero attached hydrogens (tertiary/aromatic N) is 3. The quantitative estimate of drug-likeness (QED) is 0.564. The van der Waals surface area contributed by atoms with Crippen LogP contribution in [-0.2, 0) is 17.8 Å². The number of nitrogens with one attached hydrogen (secondary N) is 1. The third-order valence-corrected chi connectivity index (χ3v) is 7.03. The summed E-state index contributed by atoms with van der Waals surface area (Å²) < 4.78 is 0. The maximum Gasteiger partial charge on any atom is 0.267 e. The molecule has 0 aliphatic carbocycles. The number of carbonyl (C=O) groups is 2. The zero-order valence-corrected chi connectivity index (χ0v) is 19.2. The van der Waals surface area contributed by atoms with Crippen LogP contribution in [0.25, 0.3) is 0 Å². The minimum Gasteiger partial charge on any atom is -0.372 e. The molecule has 2 aromatic heterocycles. The summed E-state index contributed by atoms with van der Waals surface area (Å²) in [5.41, 5.74) is 3.04. The lowest BCUT2D eigenvalue weighted by atomic mass is 10.1. The molecule has 1 aliphatic rings. The number of hydrogen-bond acceptors (Lipinski definition) is 6. The van der Waals surface area contributed by atoms with Crippen molar-refractivity contribution >= 4 is 45.3 Å². The molecule has 0 radical (unpaired) electrons. The van der Waals surface area contributed by atoms with Crippen LogP contribution < -0.4 is 10.2 Å². The largest absolute Gasteiger partial charge is 0.372 e. The van der Waals surface area contributed by atoms with Gasteiger partial charge in [-0.25, -0.2) is 4.98 Å². The average molecular weight is 455 g/mol. The van der Waals surface area contributed by atoms with Gasteiger partial charge in [-0.1, -0.05) is 18.2 Å². The van der Waals surface area contributed by atoms with Gasteiger partial charge < -0.3 is 9.80 Å². The first kappa shape index (κ1) is 21.5. The Morgan fingerprint density at radius 1 is 1.10 bits per heavy atom. The van der Waals surface area contributed by atoms with E-state index in [1.165, 1.54) is 47.6 Å². The topological polar surface area (TPSA) is 65.5 Å². The second kappa shape index (κ2) is 10.1. The van der Waals surface area contributed by atoms with Crippen molar-refractivity contribution in [2.24, 2.45) is 0 Å². The van der Waals surface area contributed by atoms with Gasteiger partial charge in [0.05, 0.1) is 17.0 Å². The summed E-state index contributed by atoms with van der Waals surface area (Å²) >= 11 is 2.72. The molecule has 4 rings (SSSR count). The van der Waals surface area contributed by atoms with Crippen LogP contribution in [0.1, 0.15) is 40.2 Å². The Labute approximate surface area is 190 Å². The Bertz CT molecular complexity index is 1010. The number of thiazole rings is 1. The highest BCUT2D eigenvalue weighted by Gasteiger charge is 2.15. The number of benzene rings is 1. The number of likely N-dealkylation sites (N-methyl/N-ethyl adjacent to an activating group) is 1. The zero-order valence-electron chi connectivity index (χ0n) is 17.5. The summed E-state index contributed by atoms with van der Waals surface area (Å²) in [5, 5.41) is 6.98. The van der Waals surface area contributed by atoms with Crippen molar-refractivity contribution in [3.63, 3.8) is 0 Å². The van der Waals surface area contributed by atoms with Crippen LogP contribution in [0.4, 0.5) is 10.8 Å². The Morgan fingerprint density at radius 3 is 2.58 bits per heavy atom. The first-order valence-electron chi connectivity index (χ1n) is 10.5. The molecule has 1 aliphatic heterocycles. The van der Waals surface area contributed by atoms with Crippen LogP contribution >= 0.6 is 22.7 Å². The molecule has 6 nitrogen and oxygen atoms in total. The standard InChI is InChI=1S/C23H26N4O2S2/c1-26(15-17-7-9-19(10-8-17)27-11-3-2-4-12-27)21(28)14-18-16-31-23(24-18)25-22(29)20-6-5-13-30-20/h5-10,13,16H,2-4,11-12,14-15H2,1H3,(H,24,25,29). The first-order valence-corrected chi connectivity index (χ1v) is 12.2. The summed E-state index contributed by atoms with van der Waals surface area (Å²) in [6.45, 7) is 2.81. The molecule has 31 heavy (non-hydrogen) atoms. The SMILES string of the molecule is CN(Cc1ccc(N2CCCCC2)cc1)C(=O)Cc1csc(NC(=O)c2cccs2)n1. The molecule has 1 fully saturated rings. The fourth-order valence-corrected chi connectivity index (χ4v) is 4.95. The maximum atomic E-state index is 12.6. The van der Waals surface area contributed by atoms with Crippen LogP contribution in [0.2, 0.25) is 0 Å². The zero-order chi connectivity index (χ0) is 21.6. The average Bonchev–Trinajstić information content (AvgIpc) is 3.47. The minimum absolute atomic E-state index is 0.00143. The fraction of sp³-hybridized carbons (Fsp3) is 0.348. The molecule has 1 saturated heterocycles. The lowest BCUT2D eigenvalue weighted by molar-refractivity contribution is -0.129. The molecule has 0 spiro atoms. The monoisotopic (exact) mass is 454 g/mol. The van der Waals surface area contributed by atoms with Crippen molar-refractivity contribution in [2.45, 2.75) is 32.2 Å². The van der Waals surface area contributed by atoms with Crippen molar-refractivity contribution < 1.29 is 9.59 Å². The van der Waals surface area contributed by atoms with Crippen molar-refractivity contribution in [1.82, 2.24) is 9.88 Å². The number of piperidine rings is 1. The molecular formula is C23H26N4O2S2. The van der Waals surface area contributed by atoms with Gasteiger partial charge in [-0.3, -0.25) is 14.9 Å². The van der Waals surface area contributed by atoms with E-state index >= 15 is 0 Å². The van der Waals surface area contributed by atoms with Crippen LogP contribution in [0.5, 0.6) is 0 Å². The molecule has 0 saturated carbocycles. The Morgan fingerprint density at radius 2 is 1.87 bits per heavy atom. The van der Waals surface area contributed by atoms with E-state index in [4.69, 9.17) is 0 Å². The van der Waals surface area contributed by atoms with E-state index in [1.807, 2.05) is 23.9 Å². The maximum absolute atomic E-state index is 12.6. The number of amides is 2. The van der Waals surface area contributed by atoms with Gasteiger partial charge in [0.1, 0.15) is 0 Å². The molecule has 1 N–H and O–H groups in total. The number of rotatable bonds is 7. The molecule has 0 unspecified atom stereocenters. The van der Waals surface area contributed by atoms with Gasteiger partial charge in [-0.2, -0.15) is 0 Å². The van der Waals surface area contributed by atoms with Crippen molar-refractivity contribution in [3.8, 4) is 0 Å². The number of hydrogen-bond donors (Lipinski definition) is 1. The summed E-state index contributed by atoms with van der Waals surface area (Å²) in [7, 11) is 1.81. The van der Waals surface area contributed by atoms with E-state index < -0.39 is 0 Å².